The molecule has 6 bridgehead atoms. The van der Waals surface area contributed by atoms with Gasteiger partial charge in [0, 0.05) is 23.3 Å². The van der Waals surface area contributed by atoms with Gasteiger partial charge < -0.3 is 107 Å². The standard InChI is InChI=1S/C32H41N6O8P.C25H35N6O8P.C20H23N5O5.C12H17ClNO4P.3CH4/c1-5-40-29-25-28(35-31(33)36-29)38(20-34-25)30-26-27(42-17-23-12-8-6-9-13-23)32(45-30,18-43-26)19-44-47(39,37-22(4)16-41-21(2)3)46-24-14-10-7-11-15-24;1-5-34-22-18-21(28-24(26)29-22)31(14-27-18)23-19-20(32)25(38-23,12-36-19)13-37-40(33,30-16(4)11-35-15(2)3)39-17-9-7-6-8-10-17;1-2-27-17-13-16(23-19(21)24-17)25(11-22-13)18-14-15(20(9-26,30-18)10-29-14)28-8-12-6-4-3-5-7-12;1-9(2)17-12(15)10(3)14-19(13,16)18-11-7-5-4-6-8-11;;;/h6-15,20-22,26-27,30H,5,16-19H2,1-4H3,(H,37,39)(H2,33,35,36);6-10,14-16,19-20,23,32H,5,11-13H2,1-4H3,(H,30,33)(H2,26,28,29);3-7,11,14-15,18,26H,2,8-10H2,1H3,(H2,21,23,24);4-10H,1-3H3,(H,14,16);3*1H4/t22-,26-,27+,30-,32-,47?;16-,19-,20+,23-,25-,40?;14-,15+,18-,20+;10-,19?;;;/m1111.../s1. The van der Waals surface area contributed by atoms with Crippen molar-refractivity contribution in [3.05, 3.63) is 182 Å². The first kappa shape index (κ1) is 109. The van der Waals surface area contributed by atoms with E-state index < -0.39 is 106 Å². The Morgan fingerprint density at radius 1 is 0.475 bits per heavy atom. The van der Waals surface area contributed by atoms with Crippen LogP contribution in [0, 0.1) is 0 Å². The first-order valence-electron chi connectivity index (χ1n) is 44.4. The zero-order chi connectivity index (χ0) is 96.7. The third-order valence-electron chi connectivity index (χ3n) is 21.7. The molecule has 758 valence electrons. The van der Waals surface area contributed by atoms with Gasteiger partial charge in [-0.2, -0.15) is 29.9 Å². The molecule has 0 amide bonds. The average molecular weight is 2010 g/mol. The predicted molar refractivity (Wildman–Crippen MR) is 517 cm³/mol. The number of anilines is 3. The number of nitrogens with zero attached hydrogens (tertiary/aromatic N) is 12. The molecular formula is C92H128ClN18O25P3. The summed E-state index contributed by atoms with van der Waals surface area (Å²) in [6, 6.07) is 44.1. The molecule has 0 saturated carbocycles. The molecule has 11 aromatic rings. The Kier molecular flexibility index (Phi) is 38.0. The Morgan fingerprint density at radius 3 is 1.19 bits per heavy atom. The maximum Gasteiger partial charge on any atom is 0.459 e. The second-order valence-corrected chi connectivity index (χ2v) is 39.5. The molecule has 6 aromatic heterocycles. The summed E-state index contributed by atoms with van der Waals surface area (Å²) in [4.78, 5) is 50.3. The molecule has 3 unspecified atom stereocenters. The van der Waals surface area contributed by atoms with E-state index in [4.69, 9.17) is 117 Å². The fourth-order valence-corrected chi connectivity index (χ4v) is 20.4. The highest BCUT2D eigenvalue weighted by Gasteiger charge is 2.66. The van der Waals surface area contributed by atoms with Crippen molar-refractivity contribution in [3.63, 3.8) is 0 Å². The summed E-state index contributed by atoms with van der Waals surface area (Å²) >= 11 is 5.76. The average Bonchev–Trinajstić information content (AvgIpc) is 1.57. The topological polar surface area (TPSA) is 529 Å². The molecule has 0 aliphatic carbocycles. The Balaban J connectivity index is 0.000000184. The number of rotatable bonds is 42. The third-order valence-corrected chi connectivity index (χ3v) is 26.7. The van der Waals surface area contributed by atoms with Crippen molar-refractivity contribution >= 4 is 90.9 Å². The minimum absolute atomic E-state index is 0. The second-order valence-electron chi connectivity index (χ2n) is 33.4. The molecule has 5 aromatic carbocycles. The minimum Gasteiger partial charge on any atom is -0.476 e. The van der Waals surface area contributed by atoms with Crippen LogP contribution in [0.5, 0.6) is 34.9 Å². The quantitative estimate of drug-likeness (QED) is 0.0130. The van der Waals surface area contributed by atoms with Gasteiger partial charge in [0.2, 0.25) is 35.5 Å². The van der Waals surface area contributed by atoms with Gasteiger partial charge in [-0.1, -0.05) is 138 Å². The lowest BCUT2D eigenvalue weighted by atomic mass is 10.00. The van der Waals surface area contributed by atoms with E-state index in [0.29, 0.717) is 89.7 Å². The van der Waals surface area contributed by atoms with Gasteiger partial charge >= 0.3 is 28.3 Å². The molecular weight excluding hydrogens is 1890 g/mol. The van der Waals surface area contributed by atoms with Crippen LogP contribution in [0.4, 0.5) is 17.8 Å². The number of benzene rings is 5. The number of aromatic nitrogens is 12. The van der Waals surface area contributed by atoms with Crippen molar-refractivity contribution in [1.82, 2.24) is 73.8 Å². The van der Waals surface area contributed by atoms with E-state index in [9.17, 15) is 28.7 Å². The van der Waals surface area contributed by atoms with Gasteiger partial charge in [0.15, 0.2) is 52.2 Å². The van der Waals surface area contributed by atoms with E-state index in [0.717, 1.165) is 11.1 Å². The van der Waals surface area contributed by atoms with Gasteiger partial charge in [-0.15, -0.1) is 0 Å². The van der Waals surface area contributed by atoms with E-state index in [1.54, 1.807) is 119 Å². The summed E-state index contributed by atoms with van der Waals surface area (Å²) in [5, 5.41) is 29.7. The first-order valence-corrected chi connectivity index (χ1v) is 50.0. The van der Waals surface area contributed by atoms with E-state index in [2.05, 4.69) is 60.1 Å². The van der Waals surface area contributed by atoms with Crippen LogP contribution in [0.2, 0.25) is 0 Å². The summed E-state index contributed by atoms with van der Waals surface area (Å²) in [6.07, 6.45) is -1.69. The van der Waals surface area contributed by atoms with Gasteiger partial charge in [0.1, 0.15) is 76.7 Å². The van der Waals surface area contributed by atoms with Crippen molar-refractivity contribution in [2.75, 3.05) is 89.9 Å². The number of para-hydroxylation sites is 3. The van der Waals surface area contributed by atoms with Gasteiger partial charge in [0.25, 0.3) is 0 Å². The molecule has 43 nitrogen and oxygen atoms in total. The van der Waals surface area contributed by atoms with E-state index in [1.807, 2.05) is 135 Å². The molecule has 6 aliphatic heterocycles. The number of hydrogen-bond acceptors (Lipinski definition) is 37. The number of imidazole rings is 3. The largest absolute Gasteiger partial charge is 0.476 e. The number of aliphatic hydroxyl groups is 2. The normalized spacial score (nSPS) is 23.8. The number of ether oxygens (including phenoxy) is 14. The number of halogens is 1. The third kappa shape index (κ3) is 26.6. The summed E-state index contributed by atoms with van der Waals surface area (Å²) in [6.45, 7) is 20.3. The maximum atomic E-state index is 14.4. The van der Waals surface area contributed by atoms with E-state index >= 15 is 0 Å². The van der Waals surface area contributed by atoms with Crippen molar-refractivity contribution in [1.29, 1.82) is 0 Å². The Labute approximate surface area is 811 Å². The summed E-state index contributed by atoms with van der Waals surface area (Å²) in [7, 11) is -7.95. The lowest BCUT2D eigenvalue weighted by molar-refractivity contribution is -0.187. The predicted octanol–water partition coefficient (Wildman–Crippen LogP) is 13.4. The zero-order valence-electron chi connectivity index (χ0n) is 77.1. The summed E-state index contributed by atoms with van der Waals surface area (Å²) in [5.74, 6) is 1.50. The van der Waals surface area contributed by atoms with Crippen molar-refractivity contribution in [2.24, 2.45) is 0 Å². The molecule has 11 N–H and O–H groups in total. The lowest BCUT2D eigenvalue weighted by Gasteiger charge is -2.33. The smallest absolute Gasteiger partial charge is 0.459 e. The second kappa shape index (κ2) is 48.5. The number of carbonyl (C=O) groups excluding carboxylic acids is 1. The highest BCUT2D eigenvalue weighted by atomic mass is 35.7. The summed E-state index contributed by atoms with van der Waals surface area (Å²) < 4.78 is 158. The van der Waals surface area contributed by atoms with Crippen LogP contribution in [-0.4, -0.2) is 237 Å². The number of carbonyl (C=O) groups is 1. The molecule has 6 saturated heterocycles. The van der Waals surface area contributed by atoms with Gasteiger partial charge in [0.05, 0.1) is 123 Å². The Hall–Kier alpha value is -10.3. The fraction of sp³-hybridized carbons (Fsp3) is 0.500. The Morgan fingerprint density at radius 2 is 0.813 bits per heavy atom. The maximum absolute atomic E-state index is 14.4. The zero-order valence-corrected chi connectivity index (χ0v) is 80.6. The number of aliphatic hydroxyl groups excluding tert-OH is 2. The molecule has 6 fully saturated rings. The molecule has 6 aliphatic rings. The van der Waals surface area contributed by atoms with Crippen molar-refractivity contribution in [3.8, 4) is 34.9 Å². The van der Waals surface area contributed by atoms with Crippen molar-refractivity contribution in [2.45, 2.75) is 227 Å². The molecule has 12 heterocycles. The van der Waals surface area contributed by atoms with Crippen LogP contribution < -0.4 is 60.2 Å². The van der Waals surface area contributed by atoms with Crippen molar-refractivity contribution < 1.29 is 118 Å². The SMILES string of the molecule is C.C.C.CC(C)OC(=O)[C@@H](C)NP(=O)(Cl)Oc1ccccc1.CCOc1nc(N)nc2c1ncn2[C@@H]1O[C@@]2(CO)CO[C@@H]1[C@@H]2OCc1ccccc1.CCOc1nc(N)nc2c1ncn2[C@@H]1O[C@@]2(COP(=O)(N[C@H](C)COC(C)C)Oc3ccccc3)CO[C@@H]1[C@@H]2O.CCOc1nc(N)nc2c1ncn2[C@@H]1O[C@@]2(COP(=O)(N[C@H](C)COC(C)C)Oc3ccccc3)CO[C@@H]1[C@@H]2OCc1ccccc1. The van der Waals surface area contributed by atoms with Crippen LogP contribution >= 0.6 is 33.6 Å². The van der Waals surface area contributed by atoms with Gasteiger partial charge in [-0.25, -0.2) is 43.9 Å². The highest BCUT2D eigenvalue weighted by Crippen LogP contribution is 2.56. The highest BCUT2D eigenvalue weighted by molar-refractivity contribution is 7.84. The number of nitrogen functional groups attached to an aromatic ring is 3. The van der Waals surface area contributed by atoms with Crippen LogP contribution in [0.1, 0.15) is 135 Å². The number of nitrogens with two attached hydrogens (primary N) is 3. The Bertz CT molecular complexity index is 5910. The summed E-state index contributed by atoms with van der Waals surface area (Å²) in [5.41, 5.74) is 18.9. The molecule has 18 atom stereocenters. The molecule has 0 spiro atoms. The van der Waals surface area contributed by atoms with Gasteiger partial charge in [-0.05, 0) is 131 Å². The number of nitrogens with one attached hydrogen (secondary N) is 3. The minimum atomic E-state index is -3.98. The van der Waals surface area contributed by atoms with Crippen LogP contribution in [0.3, 0.4) is 0 Å². The van der Waals surface area contributed by atoms with Crippen LogP contribution in [-0.2, 0) is 92.9 Å². The number of esters is 1. The van der Waals surface area contributed by atoms with Crippen LogP contribution in [0.25, 0.3) is 33.5 Å². The van der Waals surface area contributed by atoms with Crippen LogP contribution in [0.15, 0.2) is 171 Å². The molecule has 139 heavy (non-hydrogen) atoms. The molecule has 47 heteroatoms. The van der Waals surface area contributed by atoms with Gasteiger partial charge in [-0.3, -0.25) is 27.5 Å². The van der Waals surface area contributed by atoms with E-state index in [-0.39, 0.29) is 135 Å². The van der Waals surface area contributed by atoms with E-state index in [1.165, 1.54) is 13.3 Å². The fourth-order valence-electron chi connectivity index (χ4n) is 15.6. The first-order chi connectivity index (χ1) is 65.3. The number of fused-ring (bicyclic) bond motifs is 9. The molecule has 0 radical (unpaired) electrons. The lowest BCUT2D eigenvalue weighted by Crippen LogP contribution is -2.46. The monoisotopic (exact) mass is 2010 g/mol. The number of hydrogen-bond donors (Lipinski definition) is 8. The molecule has 17 rings (SSSR count).